The molecule has 1 aliphatic carbocycles. The van der Waals surface area contributed by atoms with Gasteiger partial charge in [-0.25, -0.2) is 8.42 Å². The Bertz CT molecular complexity index is 1270. The largest absolute Gasteiger partial charge is 0.508 e. The zero-order chi connectivity index (χ0) is 22.3. The van der Waals surface area contributed by atoms with Crippen LogP contribution in [-0.4, -0.2) is 20.6 Å². The van der Waals surface area contributed by atoms with Gasteiger partial charge in [-0.2, -0.15) is 0 Å². The summed E-state index contributed by atoms with van der Waals surface area (Å²) in [5.41, 5.74) is 3.49. The van der Waals surface area contributed by atoms with E-state index < -0.39 is 10.0 Å². The second-order valence-corrected chi connectivity index (χ2v) is 9.83. The summed E-state index contributed by atoms with van der Waals surface area (Å²) >= 11 is 0. The predicted octanol–water partition coefficient (Wildman–Crippen LogP) is 5.03. The lowest BCUT2D eigenvalue weighted by molar-refractivity contribution is 0.415. The fraction of sp³-hybridized carbons (Fsp3) is 0.200. The summed E-state index contributed by atoms with van der Waals surface area (Å²) in [4.78, 5) is 0.232. The molecule has 3 aromatic carbocycles. The molecule has 3 aromatic rings. The lowest BCUT2D eigenvalue weighted by atomic mass is 9.77. The third-order valence-corrected chi connectivity index (χ3v) is 7.62. The summed E-state index contributed by atoms with van der Waals surface area (Å²) in [6, 6.07) is 19.4. The van der Waals surface area contributed by atoms with Gasteiger partial charge in [-0.1, -0.05) is 24.3 Å². The number of aromatic hydroxyl groups is 1. The SMILES string of the molecule is COc1ccc(NS(=O)(=O)c2ccc3c(c2)C2C=CCC2C(c2ccc(O)cc2)N3)cc1. The molecule has 1 aliphatic heterocycles. The van der Waals surface area contributed by atoms with Crippen molar-refractivity contribution in [3.63, 3.8) is 0 Å². The Labute approximate surface area is 187 Å². The van der Waals surface area contributed by atoms with Crippen LogP contribution >= 0.6 is 0 Å². The molecule has 164 valence electrons. The Balaban J connectivity index is 1.46. The summed E-state index contributed by atoms with van der Waals surface area (Å²) in [7, 11) is -2.17. The van der Waals surface area contributed by atoms with E-state index in [1.165, 1.54) is 0 Å². The Morgan fingerprint density at radius 2 is 1.78 bits per heavy atom. The first-order valence-electron chi connectivity index (χ1n) is 10.5. The van der Waals surface area contributed by atoms with Crippen molar-refractivity contribution in [2.75, 3.05) is 17.1 Å². The van der Waals surface area contributed by atoms with E-state index in [1.807, 2.05) is 18.2 Å². The minimum Gasteiger partial charge on any atom is -0.508 e. The molecule has 0 saturated carbocycles. The molecule has 0 fully saturated rings. The summed E-state index contributed by atoms with van der Waals surface area (Å²) in [5, 5.41) is 13.2. The van der Waals surface area contributed by atoms with Crippen LogP contribution in [0, 0.1) is 5.92 Å². The molecule has 0 amide bonds. The Hall–Kier alpha value is -3.45. The highest BCUT2D eigenvalue weighted by molar-refractivity contribution is 7.92. The van der Waals surface area contributed by atoms with Crippen LogP contribution in [0.4, 0.5) is 11.4 Å². The highest BCUT2D eigenvalue weighted by atomic mass is 32.2. The highest BCUT2D eigenvalue weighted by Gasteiger charge is 2.38. The maximum Gasteiger partial charge on any atom is 0.261 e. The Morgan fingerprint density at radius 1 is 1.03 bits per heavy atom. The summed E-state index contributed by atoms with van der Waals surface area (Å²) in [5.74, 6) is 1.31. The zero-order valence-corrected chi connectivity index (χ0v) is 18.3. The number of anilines is 2. The lowest BCUT2D eigenvalue weighted by Gasteiger charge is -2.37. The first kappa shape index (κ1) is 20.5. The van der Waals surface area contributed by atoms with E-state index in [4.69, 9.17) is 4.74 Å². The van der Waals surface area contributed by atoms with Crippen LogP contribution in [0.3, 0.4) is 0 Å². The minimum atomic E-state index is -3.74. The van der Waals surface area contributed by atoms with Crippen molar-refractivity contribution in [3.05, 3.63) is 90.0 Å². The van der Waals surface area contributed by atoms with Gasteiger partial charge >= 0.3 is 0 Å². The van der Waals surface area contributed by atoms with Crippen molar-refractivity contribution >= 4 is 21.4 Å². The van der Waals surface area contributed by atoms with Crippen LogP contribution < -0.4 is 14.8 Å². The number of benzene rings is 3. The maximum atomic E-state index is 13.0. The molecule has 6 nitrogen and oxygen atoms in total. The number of rotatable bonds is 5. The molecule has 3 unspecified atom stereocenters. The van der Waals surface area contributed by atoms with E-state index in [0.29, 0.717) is 11.4 Å². The maximum absolute atomic E-state index is 13.0. The number of methoxy groups -OCH3 is 1. The fourth-order valence-electron chi connectivity index (χ4n) is 4.62. The third-order valence-electron chi connectivity index (χ3n) is 6.24. The van der Waals surface area contributed by atoms with Gasteiger partial charge in [0.2, 0.25) is 0 Å². The smallest absolute Gasteiger partial charge is 0.261 e. The monoisotopic (exact) mass is 448 g/mol. The number of sulfonamides is 1. The molecule has 1 heterocycles. The standard InChI is InChI=1S/C25H24N2O4S/c1-31-19-11-7-17(8-12-19)27-32(29,30)20-13-14-24-23(15-20)21-3-2-4-22(21)25(26-24)16-5-9-18(28)10-6-16/h2-3,5-15,21-22,25-28H,4H2,1H3. The molecule has 0 radical (unpaired) electrons. The van der Waals surface area contributed by atoms with Gasteiger partial charge in [0.15, 0.2) is 0 Å². The number of nitrogens with one attached hydrogen (secondary N) is 2. The fourth-order valence-corrected chi connectivity index (χ4v) is 5.72. The van der Waals surface area contributed by atoms with Crippen LogP contribution in [-0.2, 0) is 10.0 Å². The molecule has 0 bridgehead atoms. The molecule has 7 heteroatoms. The van der Waals surface area contributed by atoms with Gasteiger partial charge in [0.1, 0.15) is 11.5 Å². The molecular weight excluding hydrogens is 424 g/mol. The number of ether oxygens (including phenoxy) is 1. The normalized spacial score (nSPS) is 21.3. The van der Waals surface area contributed by atoms with Crippen LogP contribution in [0.5, 0.6) is 11.5 Å². The molecule has 0 saturated heterocycles. The molecule has 2 aliphatic rings. The van der Waals surface area contributed by atoms with Crippen LogP contribution in [0.2, 0.25) is 0 Å². The Kier molecular flexibility index (Phi) is 5.06. The molecule has 32 heavy (non-hydrogen) atoms. The van der Waals surface area contributed by atoms with Gasteiger partial charge in [0.05, 0.1) is 18.0 Å². The molecule has 5 rings (SSSR count). The van der Waals surface area contributed by atoms with Gasteiger partial charge in [0, 0.05) is 17.3 Å². The van der Waals surface area contributed by atoms with Gasteiger partial charge in [-0.05, 0) is 78.1 Å². The molecule has 3 N–H and O–H groups in total. The number of hydrogen-bond acceptors (Lipinski definition) is 5. The first-order valence-corrected chi connectivity index (χ1v) is 12.0. The molecular formula is C25H24N2O4S. The van der Waals surface area contributed by atoms with Crippen LogP contribution in [0.1, 0.15) is 29.5 Å². The summed E-state index contributed by atoms with van der Waals surface area (Å²) < 4.78 is 33.9. The van der Waals surface area contributed by atoms with Gasteiger partial charge in [-0.3, -0.25) is 4.72 Å². The van der Waals surface area contributed by atoms with Crippen LogP contribution in [0.25, 0.3) is 0 Å². The zero-order valence-electron chi connectivity index (χ0n) is 17.5. The van der Waals surface area contributed by atoms with Crippen molar-refractivity contribution in [2.24, 2.45) is 5.92 Å². The third kappa shape index (κ3) is 3.69. The number of fused-ring (bicyclic) bond motifs is 3. The van der Waals surface area contributed by atoms with E-state index in [0.717, 1.165) is 23.2 Å². The van der Waals surface area contributed by atoms with E-state index in [1.54, 1.807) is 55.6 Å². The minimum absolute atomic E-state index is 0.0861. The summed E-state index contributed by atoms with van der Waals surface area (Å²) in [6.07, 6.45) is 5.24. The van der Waals surface area contributed by atoms with Crippen molar-refractivity contribution in [2.45, 2.75) is 23.3 Å². The average molecular weight is 449 g/mol. The highest BCUT2D eigenvalue weighted by Crippen LogP contribution is 2.50. The van der Waals surface area contributed by atoms with E-state index in [2.05, 4.69) is 22.2 Å². The number of allylic oxidation sites excluding steroid dienone is 2. The van der Waals surface area contributed by atoms with Crippen molar-refractivity contribution < 1.29 is 18.3 Å². The first-order chi connectivity index (χ1) is 15.4. The van der Waals surface area contributed by atoms with Crippen LogP contribution in [0.15, 0.2) is 83.8 Å². The second-order valence-electron chi connectivity index (χ2n) is 8.15. The second kappa shape index (κ2) is 7.91. The van der Waals surface area contributed by atoms with Gasteiger partial charge in [0.25, 0.3) is 10.0 Å². The average Bonchev–Trinajstić information content (AvgIpc) is 3.29. The van der Waals surface area contributed by atoms with Crippen molar-refractivity contribution in [3.8, 4) is 11.5 Å². The van der Waals surface area contributed by atoms with E-state index in [9.17, 15) is 13.5 Å². The number of hydrogen-bond donors (Lipinski definition) is 3. The number of phenolic OH excluding ortho intramolecular Hbond substituents is 1. The van der Waals surface area contributed by atoms with Gasteiger partial charge < -0.3 is 15.2 Å². The quantitative estimate of drug-likeness (QED) is 0.477. The molecule has 3 atom stereocenters. The topological polar surface area (TPSA) is 87.7 Å². The number of phenols is 1. The Morgan fingerprint density at radius 3 is 2.50 bits per heavy atom. The lowest BCUT2D eigenvalue weighted by Crippen LogP contribution is -2.29. The van der Waals surface area contributed by atoms with Crippen molar-refractivity contribution in [1.82, 2.24) is 0 Å². The van der Waals surface area contributed by atoms with E-state index >= 15 is 0 Å². The predicted molar refractivity (Wildman–Crippen MR) is 125 cm³/mol. The van der Waals surface area contributed by atoms with Crippen molar-refractivity contribution in [1.29, 1.82) is 0 Å². The molecule has 0 aromatic heterocycles. The summed E-state index contributed by atoms with van der Waals surface area (Å²) in [6.45, 7) is 0. The molecule has 0 spiro atoms. The van der Waals surface area contributed by atoms with E-state index in [-0.39, 0.29) is 28.5 Å². The van der Waals surface area contributed by atoms with Gasteiger partial charge in [-0.15, -0.1) is 0 Å².